The summed E-state index contributed by atoms with van der Waals surface area (Å²) in [7, 11) is 0. The lowest BCUT2D eigenvalue weighted by molar-refractivity contribution is 0.361. The molecule has 2 N–H and O–H groups in total. The van der Waals surface area contributed by atoms with E-state index in [1.165, 1.54) is 19.3 Å². The van der Waals surface area contributed by atoms with E-state index in [4.69, 9.17) is 10.5 Å². The summed E-state index contributed by atoms with van der Waals surface area (Å²) < 4.78 is 5.24. The van der Waals surface area contributed by atoms with E-state index < -0.39 is 0 Å². The lowest BCUT2D eigenvalue weighted by Crippen LogP contribution is -2.09. The Kier molecular flexibility index (Phi) is 2.49. The van der Waals surface area contributed by atoms with Crippen LogP contribution < -0.4 is 5.73 Å². The van der Waals surface area contributed by atoms with Crippen molar-refractivity contribution in [3.05, 3.63) is 0 Å². The number of hydrogen-bond donors (Lipinski definition) is 1. The third-order valence-electron chi connectivity index (χ3n) is 1.76. The monoisotopic (exact) mass is 129 g/mol. The summed E-state index contributed by atoms with van der Waals surface area (Å²) in [6, 6.07) is 0. The van der Waals surface area contributed by atoms with Gasteiger partial charge in [0.15, 0.2) is 0 Å². The zero-order valence-electron chi connectivity index (χ0n) is 5.97. The smallest absolute Gasteiger partial charge is 0.0963 e. The first-order valence-electron chi connectivity index (χ1n) is 3.74. The minimum Gasteiger partial charge on any atom is -0.368 e. The molecule has 0 bridgehead atoms. The van der Waals surface area contributed by atoms with Gasteiger partial charge in [0, 0.05) is 6.54 Å². The third-order valence-corrected chi connectivity index (χ3v) is 1.76. The van der Waals surface area contributed by atoms with Crippen LogP contribution in [-0.2, 0) is 4.74 Å². The molecule has 1 saturated heterocycles. The van der Waals surface area contributed by atoms with E-state index in [1.807, 2.05) is 0 Å². The summed E-state index contributed by atoms with van der Waals surface area (Å²) in [6.45, 7) is 2.90. The molecular weight excluding hydrogens is 114 g/mol. The van der Waals surface area contributed by atoms with E-state index in [1.54, 1.807) is 0 Å². The van der Waals surface area contributed by atoms with Crippen LogP contribution in [0, 0.1) is 0 Å². The summed E-state index contributed by atoms with van der Waals surface area (Å²) in [5.74, 6) is 0. The average Bonchev–Trinajstić information content (AvgIpc) is 2.62. The van der Waals surface area contributed by atoms with Gasteiger partial charge in [0.25, 0.3) is 0 Å². The van der Waals surface area contributed by atoms with Gasteiger partial charge in [0.1, 0.15) is 0 Å². The van der Waals surface area contributed by atoms with Crippen molar-refractivity contribution in [1.29, 1.82) is 0 Å². The topological polar surface area (TPSA) is 38.5 Å². The first kappa shape index (κ1) is 7.03. The molecule has 1 fully saturated rings. The number of hydrogen-bond acceptors (Lipinski definition) is 2. The SMILES string of the molecule is CCCC[C@@H]1O[C@H]1CN. The Bertz CT molecular complexity index is 85.0. The third kappa shape index (κ3) is 1.95. The number of epoxide rings is 1. The van der Waals surface area contributed by atoms with E-state index in [2.05, 4.69) is 6.92 Å². The van der Waals surface area contributed by atoms with Crippen LogP contribution >= 0.6 is 0 Å². The fraction of sp³-hybridized carbons (Fsp3) is 1.00. The molecule has 0 amide bonds. The van der Waals surface area contributed by atoms with Gasteiger partial charge in [-0.2, -0.15) is 0 Å². The highest BCUT2D eigenvalue weighted by molar-refractivity contribution is 4.84. The van der Waals surface area contributed by atoms with Crippen molar-refractivity contribution >= 4 is 0 Å². The predicted octanol–water partition coefficient (Wildman–Crippen LogP) is 0.903. The molecule has 1 heterocycles. The van der Waals surface area contributed by atoms with Crippen molar-refractivity contribution < 1.29 is 4.74 Å². The molecule has 2 heteroatoms. The molecule has 0 radical (unpaired) electrons. The maximum absolute atomic E-state index is 5.37. The molecule has 0 aliphatic carbocycles. The molecule has 54 valence electrons. The Balaban J connectivity index is 1.92. The van der Waals surface area contributed by atoms with E-state index in [0.717, 1.165) is 0 Å². The van der Waals surface area contributed by atoms with Crippen LogP contribution in [0.25, 0.3) is 0 Å². The zero-order valence-corrected chi connectivity index (χ0v) is 5.97. The van der Waals surface area contributed by atoms with Gasteiger partial charge in [-0.05, 0) is 6.42 Å². The van der Waals surface area contributed by atoms with Crippen LogP contribution in [0.2, 0.25) is 0 Å². The molecule has 0 aromatic rings. The van der Waals surface area contributed by atoms with Crippen LogP contribution in [0.5, 0.6) is 0 Å². The normalized spacial score (nSPS) is 32.7. The van der Waals surface area contributed by atoms with Crippen molar-refractivity contribution in [3.63, 3.8) is 0 Å². The molecule has 0 aromatic heterocycles. The van der Waals surface area contributed by atoms with Gasteiger partial charge in [0.2, 0.25) is 0 Å². The van der Waals surface area contributed by atoms with Crippen molar-refractivity contribution in [2.45, 2.75) is 38.4 Å². The minimum absolute atomic E-state index is 0.400. The van der Waals surface area contributed by atoms with Crippen molar-refractivity contribution in [1.82, 2.24) is 0 Å². The lowest BCUT2D eigenvalue weighted by atomic mass is 10.2. The van der Waals surface area contributed by atoms with Crippen molar-refractivity contribution in [2.24, 2.45) is 5.73 Å². The van der Waals surface area contributed by atoms with E-state index >= 15 is 0 Å². The number of ether oxygens (including phenoxy) is 1. The molecule has 9 heavy (non-hydrogen) atoms. The first-order valence-corrected chi connectivity index (χ1v) is 3.74. The average molecular weight is 129 g/mol. The standard InChI is InChI=1S/C7H15NO/c1-2-3-4-6-7(5-8)9-6/h6-7H,2-5,8H2,1H3/t6-,7-/m0/s1. The molecule has 0 spiro atoms. The summed E-state index contributed by atoms with van der Waals surface area (Å²) >= 11 is 0. The van der Waals surface area contributed by atoms with Gasteiger partial charge in [0.05, 0.1) is 12.2 Å². The van der Waals surface area contributed by atoms with Gasteiger partial charge in [-0.25, -0.2) is 0 Å². The van der Waals surface area contributed by atoms with Crippen LogP contribution in [0.3, 0.4) is 0 Å². The van der Waals surface area contributed by atoms with E-state index in [0.29, 0.717) is 18.8 Å². The van der Waals surface area contributed by atoms with Crippen LogP contribution in [0.4, 0.5) is 0 Å². The fourth-order valence-electron chi connectivity index (χ4n) is 1.05. The molecular formula is C7H15NO. The highest BCUT2D eigenvalue weighted by Gasteiger charge is 2.35. The van der Waals surface area contributed by atoms with Crippen LogP contribution in [0.15, 0.2) is 0 Å². The highest BCUT2D eigenvalue weighted by Crippen LogP contribution is 2.25. The number of rotatable bonds is 4. The lowest BCUT2D eigenvalue weighted by Gasteiger charge is -1.89. The largest absolute Gasteiger partial charge is 0.368 e. The van der Waals surface area contributed by atoms with Crippen molar-refractivity contribution in [3.8, 4) is 0 Å². The number of nitrogens with two attached hydrogens (primary N) is 1. The van der Waals surface area contributed by atoms with Gasteiger partial charge < -0.3 is 10.5 Å². The van der Waals surface area contributed by atoms with E-state index in [-0.39, 0.29) is 0 Å². The van der Waals surface area contributed by atoms with E-state index in [9.17, 15) is 0 Å². The molecule has 1 aliphatic heterocycles. The van der Waals surface area contributed by atoms with Gasteiger partial charge in [-0.1, -0.05) is 19.8 Å². The van der Waals surface area contributed by atoms with Gasteiger partial charge in [-0.3, -0.25) is 0 Å². The van der Waals surface area contributed by atoms with Crippen LogP contribution in [0.1, 0.15) is 26.2 Å². The maximum atomic E-state index is 5.37. The second-order valence-electron chi connectivity index (χ2n) is 2.59. The molecule has 1 aliphatic rings. The highest BCUT2D eigenvalue weighted by atomic mass is 16.6. The first-order chi connectivity index (χ1) is 4.38. The van der Waals surface area contributed by atoms with Crippen LogP contribution in [-0.4, -0.2) is 18.8 Å². The minimum atomic E-state index is 0.400. The second kappa shape index (κ2) is 3.18. The summed E-state index contributed by atoms with van der Waals surface area (Å²) in [5.41, 5.74) is 5.37. The maximum Gasteiger partial charge on any atom is 0.0963 e. The van der Waals surface area contributed by atoms with Gasteiger partial charge in [-0.15, -0.1) is 0 Å². The fourth-order valence-corrected chi connectivity index (χ4v) is 1.05. The Morgan fingerprint density at radius 2 is 2.22 bits per heavy atom. The molecule has 0 saturated carbocycles. The summed E-state index contributed by atoms with van der Waals surface area (Å²) in [5, 5.41) is 0. The Morgan fingerprint density at radius 1 is 1.44 bits per heavy atom. The summed E-state index contributed by atoms with van der Waals surface area (Å²) in [4.78, 5) is 0. The Morgan fingerprint density at radius 3 is 2.67 bits per heavy atom. The molecule has 2 atom stereocenters. The van der Waals surface area contributed by atoms with Crippen molar-refractivity contribution in [2.75, 3.05) is 6.54 Å². The Labute approximate surface area is 56.4 Å². The molecule has 1 rings (SSSR count). The molecule has 2 nitrogen and oxygen atoms in total. The molecule has 0 unspecified atom stereocenters. The quantitative estimate of drug-likeness (QED) is 0.573. The molecule has 0 aromatic carbocycles. The Hall–Kier alpha value is -0.0800. The summed E-state index contributed by atoms with van der Waals surface area (Å²) in [6.07, 6.45) is 4.66. The number of unbranched alkanes of at least 4 members (excludes halogenated alkanes) is 1. The second-order valence-corrected chi connectivity index (χ2v) is 2.59. The zero-order chi connectivity index (χ0) is 6.69. The van der Waals surface area contributed by atoms with Gasteiger partial charge >= 0.3 is 0 Å². The predicted molar refractivity (Wildman–Crippen MR) is 37.2 cm³/mol.